The van der Waals surface area contributed by atoms with Gasteiger partial charge in [0, 0.05) is 25.6 Å². The van der Waals surface area contributed by atoms with Gasteiger partial charge >= 0.3 is 12.1 Å². The quantitative estimate of drug-likeness (QED) is 0.380. The number of fused-ring (bicyclic) bond motifs is 1. The number of hydrogen-bond donors (Lipinski definition) is 3. The molecule has 17 heteroatoms. The molecule has 2 saturated heterocycles. The van der Waals surface area contributed by atoms with Gasteiger partial charge in [0.15, 0.2) is 0 Å². The number of benzene rings is 1. The molecule has 0 saturated carbocycles. The first-order valence-corrected chi connectivity index (χ1v) is 13.8. The molecule has 1 unspecified atom stereocenters. The molecule has 3 aliphatic heterocycles. The maximum atomic E-state index is 13.2. The highest BCUT2D eigenvalue weighted by atomic mass is 19.4. The van der Waals surface area contributed by atoms with Crippen LogP contribution >= 0.6 is 0 Å². The average molecular weight is 622 g/mol. The number of halogens is 3. The number of aliphatic carboxylic acids is 1. The molecule has 14 nitrogen and oxygen atoms in total. The van der Waals surface area contributed by atoms with E-state index in [1.165, 1.54) is 29.7 Å². The van der Waals surface area contributed by atoms with E-state index in [-0.39, 0.29) is 36.2 Å². The second kappa shape index (κ2) is 13.3. The summed E-state index contributed by atoms with van der Waals surface area (Å²) in [6.07, 6.45) is -0.102. The molecule has 3 N–H and O–H groups in total. The number of nitrogens with zero attached hydrogens (tertiary/aromatic N) is 5. The van der Waals surface area contributed by atoms with Crippen LogP contribution in [0.3, 0.4) is 0 Å². The summed E-state index contributed by atoms with van der Waals surface area (Å²) in [5, 5.41) is 20.2. The van der Waals surface area contributed by atoms with Crippen molar-refractivity contribution in [2.24, 2.45) is 5.92 Å². The van der Waals surface area contributed by atoms with Gasteiger partial charge in [0.2, 0.25) is 17.7 Å². The largest absolute Gasteiger partial charge is 0.490 e. The van der Waals surface area contributed by atoms with Crippen molar-refractivity contribution in [3.63, 3.8) is 0 Å². The van der Waals surface area contributed by atoms with Crippen molar-refractivity contribution in [3.8, 4) is 0 Å². The molecule has 5 amide bonds. The monoisotopic (exact) mass is 621 g/mol. The number of aromatic nitrogens is 3. The van der Waals surface area contributed by atoms with Crippen molar-refractivity contribution in [2.45, 2.75) is 57.8 Å². The molecule has 1 aromatic carbocycles. The number of likely N-dealkylation sites (tertiary alicyclic amines) is 1. The Balaban J connectivity index is 0.000000566. The number of imide groups is 2. The van der Waals surface area contributed by atoms with Crippen LogP contribution in [0.5, 0.6) is 0 Å². The van der Waals surface area contributed by atoms with Crippen LogP contribution in [0.4, 0.5) is 18.9 Å². The smallest absolute Gasteiger partial charge is 0.475 e. The molecule has 5 rings (SSSR count). The van der Waals surface area contributed by atoms with Crippen LogP contribution in [0.2, 0.25) is 0 Å². The minimum absolute atomic E-state index is 0.0284. The lowest BCUT2D eigenvalue weighted by Crippen LogP contribution is -2.54. The summed E-state index contributed by atoms with van der Waals surface area (Å²) < 4.78 is 33.2. The lowest BCUT2D eigenvalue weighted by molar-refractivity contribution is -0.192. The Morgan fingerprint density at radius 3 is 2.41 bits per heavy atom. The van der Waals surface area contributed by atoms with Gasteiger partial charge in [0.05, 0.1) is 22.5 Å². The van der Waals surface area contributed by atoms with Crippen LogP contribution in [0.1, 0.15) is 59.0 Å². The molecule has 0 bridgehead atoms. The van der Waals surface area contributed by atoms with E-state index in [1.54, 1.807) is 12.3 Å². The van der Waals surface area contributed by atoms with Crippen LogP contribution < -0.4 is 10.6 Å². The maximum Gasteiger partial charge on any atom is 0.490 e. The number of carboxylic acid groups (broad SMARTS) is 1. The van der Waals surface area contributed by atoms with Crippen molar-refractivity contribution in [1.29, 1.82) is 0 Å². The fourth-order valence-electron chi connectivity index (χ4n) is 5.04. The second-order valence-corrected chi connectivity index (χ2v) is 10.7. The first-order chi connectivity index (χ1) is 20.7. The zero-order chi connectivity index (χ0) is 32.2. The highest BCUT2D eigenvalue weighted by Gasteiger charge is 2.45. The minimum atomic E-state index is -5.08. The SMILES string of the molecule is CC1CCN(CCc2cn(CC(=O)Nc3cccc4c3C(=O)N(C3CCC(=O)NC3=O)C4=O)nn2)CC1.O=C(O)C(F)(F)F. The van der Waals surface area contributed by atoms with E-state index in [2.05, 4.69) is 32.8 Å². The average Bonchev–Trinajstić information content (AvgIpc) is 3.50. The van der Waals surface area contributed by atoms with Crippen LogP contribution in [0.25, 0.3) is 0 Å². The van der Waals surface area contributed by atoms with Gasteiger partial charge in [0.25, 0.3) is 11.8 Å². The summed E-state index contributed by atoms with van der Waals surface area (Å²) in [6, 6.07) is 3.49. The predicted molar refractivity (Wildman–Crippen MR) is 144 cm³/mol. The Labute approximate surface area is 248 Å². The molecule has 0 radical (unpaired) electrons. The van der Waals surface area contributed by atoms with Gasteiger partial charge in [-0.15, -0.1) is 5.10 Å². The van der Waals surface area contributed by atoms with Crippen molar-refractivity contribution in [3.05, 3.63) is 41.2 Å². The first-order valence-electron chi connectivity index (χ1n) is 13.8. The van der Waals surface area contributed by atoms with E-state index < -0.39 is 47.7 Å². The summed E-state index contributed by atoms with van der Waals surface area (Å²) in [7, 11) is 0. The second-order valence-electron chi connectivity index (χ2n) is 10.7. The third-order valence-electron chi connectivity index (χ3n) is 7.44. The Morgan fingerprint density at radius 1 is 1.09 bits per heavy atom. The molecule has 0 aliphatic carbocycles. The van der Waals surface area contributed by atoms with Crippen molar-refractivity contribution in [1.82, 2.24) is 30.1 Å². The Morgan fingerprint density at radius 2 is 1.77 bits per heavy atom. The summed E-state index contributed by atoms with van der Waals surface area (Å²) in [5.74, 6) is -4.86. The standard InChI is InChI=1S/C25H29N7O5.C2HF3O2/c1-15-7-10-30(11-8-15)12-9-16-13-31(29-28-16)14-21(34)26-18-4-2-3-17-22(18)25(37)32(24(17)36)19-5-6-20(33)27-23(19)35;3-2(4,5)1(6)7/h2-4,13,15,19H,5-12,14H2,1H3,(H,26,34)(H,27,33,35);(H,6,7). The third kappa shape index (κ3) is 7.64. The molecule has 1 aromatic heterocycles. The van der Waals surface area contributed by atoms with Gasteiger partial charge in [-0.25, -0.2) is 9.48 Å². The maximum absolute atomic E-state index is 13.2. The van der Waals surface area contributed by atoms with Gasteiger partial charge in [-0.3, -0.25) is 34.2 Å². The Kier molecular flexibility index (Phi) is 9.76. The van der Waals surface area contributed by atoms with Gasteiger partial charge in [-0.1, -0.05) is 18.2 Å². The lowest BCUT2D eigenvalue weighted by atomic mass is 9.99. The summed E-state index contributed by atoms with van der Waals surface area (Å²) in [4.78, 5) is 74.8. The van der Waals surface area contributed by atoms with E-state index >= 15 is 0 Å². The molecule has 2 fully saturated rings. The number of hydrogen-bond acceptors (Lipinski definition) is 9. The molecule has 236 valence electrons. The predicted octanol–water partition coefficient (Wildman–Crippen LogP) is 1.23. The first kappa shape index (κ1) is 32.2. The molecule has 3 aliphatic rings. The number of piperidine rings is 2. The van der Waals surface area contributed by atoms with Crippen LogP contribution in [-0.4, -0.2) is 97.3 Å². The molecular weight excluding hydrogens is 591 g/mol. The summed E-state index contributed by atoms with van der Waals surface area (Å²) >= 11 is 0. The fraction of sp³-hybridized carbons (Fsp3) is 0.481. The van der Waals surface area contributed by atoms with Crippen LogP contribution in [0.15, 0.2) is 24.4 Å². The number of anilines is 1. The zero-order valence-electron chi connectivity index (χ0n) is 23.6. The van der Waals surface area contributed by atoms with Crippen molar-refractivity contribution in [2.75, 3.05) is 25.0 Å². The van der Waals surface area contributed by atoms with E-state index in [0.29, 0.717) is 0 Å². The number of carbonyl (C=O) groups excluding carboxylic acids is 5. The number of alkyl halides is 3. The van der Waals surface area contributed by atoms with Crippen LogP contribution in [-0.2, 0) is 32.1 Å². The zero-order valence-corrected chi connectivity index (χ0v) is 23.6. The Bertz CT molecular complexity index is 1470. The molecule has 44 heavy (non-hydrogen) atoms. The highest BCUT2D eigenvalue weighted by Crippen LogP contribution is 2.32. The van der Waals surface area contributed by atoms with E-state index in [1.807, 2.05) is 0 Å². The molecule has 2 aromatic rings. The van der Waals surface area contributed by atoms with Gasteiger partial charge in [0.1, 0.15) is 12.6 Å². The fourth-order valence-corrected chi connectivity index (χ4v) is 5.04. The topological polar surface area (TPSA) is 184 Å². The Hall–Kier alpha value is -4.67. The van der Waals surface area contributed by atoms with Crippen LogP contribution in [0, 0.1) is 5.92 Å². The molecule has 1 atom stereocenters. The van der Waals surface area contributed by atoms with Gasteiger partial charge in [-0.2, -0.15) is 13.2 Å². The molecule has 4 heterocycles. The van der Waals surface area contributed by atoms with Crippen molar-refractivity contribution >= 4 is 41.2 Å². The lowest BCUT2D eigenvalue weighted by Gasteiger charge is -2.29. The molecular formula is C27H30F3N7O7. The van der Waals surface area contributed by atoms with Gasteiger partial charge < -0.3 is 15.3 Å². The van der Waals surface area contributed by atoms with E-state index in [4.69, 9.17) is 9.90 Å². The normalized spacial score (nSPS) is 19.3. The molecule has 0 spiro atoms. The van der Waals surface area contributed by atoms with E-state index in [0.717, 1.165) is 42.6 Å². The van der Waals surface area contributed by atoms with Crippen molar-refractivity contribution < 1.29 is 47.0 Å². The van der Waals surface area contributed by atoms with E-state index in [9.17, 15) is 37.1 Å². The minimum Gasteiger partial charge on any atom is -0.475 e. The number of amides is 5. The highest BCUT2D eigenvalue weighted by molar-refractivity contribution is 6.26. The summed E-state index contributed by atoms with van der Waals surface area (Å²) in [5.41, 5.74) is 1.10. The number of carbonyl (C=O) groups is 6. The van der Waals surface area contributed by atoms with Gasteiger partial charge in [-0.05, 0) is 50.4 Å². The third-order valence-corrected chi connectivity index (χ3v) is 7.44. The number of rotatable bonds is 7. The number of nitrogens with one attached hydrogen (secondary N) is 2. The number of carboxylic acids is 1. The summed E-state index contributed by atoms with van der Waals surface area (Å²) in [6.45, 7) is 5.23.